The van der Waals surface area contributed by atoms with E-state index in [1.54, 1.807) is 0 Å². The molecule has 3 nitrogen and oxygen atoms in total. The van der Waals surface area contributed by atoms with Crippen LogP contribution in [0.1, 0.15) is 36.9 Å². The van der Waals surface area contributed by atoms with E-state index in [0.717, 1.165) is 42.7 Å². The summed E-state index contributed by atoms with van der Waals surface area (Å²) < 4.78 is 8.70. The van der Waals surface area contributed by atoms with Crippen LogP contribution in [-0.2, 0) is 11.2 Å². The van der Waals surface area contributed by atoms with Gasteiger partial charge in [0, 0.05) is 25.3 Å². The summed E-state index contributed by atoms with van der Waals surface area (Å²) in [4.78, 5) is 4.87. The summed E-state index contributed by atoms with van der Waals surface area (Å²) in [6, 6.07) is 4.24. The molecular formula is C14H17BrN2O. The Balaban J connectivity index is 2.09. The van der Waals surface area contributed by atoms with Gasteiger partial charge in [0.1, 0.15) is 10.3 Å². The Kier molecular flexibility index (Phi) is 3.39. The van der Waals surface area contributed by atoms with E-state index in [0.29, 0.717) is 5.92 Å². The van der Waals surface area contributed by atoms with Crippen LogP contribution in [0, 0.1) is 0 Å². The lowest BCUT2D eigenvalue weighted by atomic mass is 9.97. The molecule has 2 aromatic rings. The monoisotopic (exact) mass is 308 g/mol. The second-order valence-electron chi connectivity index (χ2n) is 4.76. The molecule has 0 bridgehead atoms. The number of halogens is 1. The fraction of sp³-hybridized carbons (Fsp3) is 0.500. The highest BCUT2D eigenvalue weighted by Crippen LogP contribution is 2.33. The van der Waals surface area contributed by atoms with Crippen molar-refractivity contribution in [2.75, 3.05) is 13.2 Å². The predicted octanol–water partition coefficient (Wildman–Crippen LogP) is 3.55. The molecule has 0 unspecified atom stereocenters. The third kappa shape index (κ3) is 1.97. The lowest BCUT2D eigenvalue weighted by Crippen LogP contribution is -2.14. The van der Waals surface area contributed by atoms with E-state index in [4.69, 9.17) is 9.72 Å². The molecule has 4 heteroatoms. The average Bonchev–Trinajstić information content (AvgIpc) is 2.77. The van der Waals surface area contributed by atoms with Gasteiger partial charge < -0.3 is 4.74 Å². The van der Waals surface area contributed by atoms with Gasteiger partial charge in [0.2, 0.25) is 0 Å². The molecule has 1 aliphatic rings. The zero-order valence-corrected chi connectivity index (χ0v) is 12.1. The van der Waals surface area contributed by atoms with Crippen molar-refractivity contribution in [2.24, 2.45) is 0 Å². The van der Waals surface area contributed by atoms with Crippen molar-refractivity contribution in [3.63, 3.8) is 0 Å². The summed E-state index contributed by atoms with van der Waals surface area (Å²) in [5.41, 5.74) is 3.59. The summed E-state index contributed by atoms with van der Waals surface area (Å²) in [6.45, 7) is 3.88. The van der Waals surface area contributed by atoms with Gasteiger partial charge in [-0.3, -0.25) is 4.40 Å². The Morgan fingerprint density at radius 2 is 2.22 bits per heavy atom. The number of hydrogen-bond acceptors (Lipinski definition) is 2. The number of ether oxygens (including phenoxy) is 1. The fourth-order valence-electron chi connectivity index (χ4n) is 2.62. The van der Waals surface area contributed by atoms with Gasteiger partial charge in [0.05, 0.1) is 5.69 Å². The van der Waals surface area contributed by atoms with Crippen LogP contribution in [-0.4, -0.2) is 22.6 Å². The Morgan fingerprint density at radius 3 is 2.94 bits per heavy atom. The predicted molar refractivity (Wildman–Crippen MR) is 75.1 cm³/mol. The third-order valence-corrected chi connectivity index (χ3v) is 4.47. The van der Waals surface area contributed by atoms with Gasteiger partial charge in [-0.2, -0.15) is 0 Å². The van der Waals surface area contributed by atoms with Gasteiger partial charge in [-0.25, -0.2) is 4.98 Å². The number of fused-ring (bicyclic) bond motifs is 1. The maximum atomic E-state index is 5.43. The number of nitrogens with zero attached hydrogens (tertiary/aromatic N) is 2. The van der Waals surface area contributed by atoms with Gasteiger partial charge in [-0.05, 0) is 46.8 Å². The van der Waals surface area contributed by atoms with Crippen LogP contribution in [0.4, 0.5) is 0 Å². The number of rotatable bonds is 2. The van der Waals surface area contributed by atoms with E-state index in [-0.39, 0.29) is 0 Å². The minimum absolute atomic E-state index is 0.526. The molecule has 0 aliphatic carbocycles. The number of aryl methyl sites for hydroxylation is 1. The van der Waals surface area contributed by atoms with Gasteiger partial charge in [-0.1, -0.05) is 13.0 Å². The molecule has 0 radical (unpaired) electrons. The summed E-state index contributed by atoms with van der Waals surface area (Å²) >= 11 is 3.71. The van der Waals surface area contributed by atoms with Crippen molar-refractivity contribution in [1.82, 2.24) is 9.38 Å². The molecule has 1 saturated heterocycles. The molecule has 0 atom stereocenters. The highest BCUT2D eigenvalue weighted by atomic mass is 79.9. The minimum Gasteiger partial charge on any atom is -0.381 e. The lowest BCUT2D eigenvalue weighted by Gasteiger charge is -2.20. The first-order chi connectivity index (χ1) is 8.81. The Bertz CT molecular complexity index is 558. The summed E-state index contributed by atoms with van der Waals surface area (Å²) in [5.74, 6) is 0.526. The van der Waals surface area contributed by atoms with Crippen molar-refractivity contribution in [2.45, 2.75) is 32.1 Å². The highest BCUT2D eigenvalue weighted by Gasteiger charge is 2.23. The van der Waals surface area contributed by atoms with E-state index < -0.39 is 0 Å². The summed E-state index contributed by atoms with van der Waals surface area (Å²) in [5, 5.41) is 0. The SMILES string of the molecule is CCc1cccn2c(Br)c(C3CCOCC3)nc12. The van der Waals surface area contributed by atoms with Crippen LogP contribution in [0.5, 0.6) is 0 Å². The number of hydrogen-bond donors (Lipinski definition) is 0. The Hall–Kier alpha value is -0.870. The molecule has 18 heavy (non-hydrogen) atoms. The molecule has 0 amide bonds. The standard InChI is InChI=1S/C14H17BrN2O/c1-2-10-4-3-7-17-13(15)12(16-14(10)17)11-5-8-18-9-6-11/h3-4,7,11H,2,5-6,8-9H2,1H3. The number of imidazole rings is 1. The van der Waals surface area contributed by atoms with Gasteiger partial charge in [0.15, 0.2) is 0 Å². The van der Waals surface area contributed by atoms with Crippen molar-refractivity contribution < 1.29 is 4.74 Å². The van der Waals surface area contributed by atoms with E-state index in [1.807, 2.05) is 0 Å². The number of aromatic nitrogens is 2. The van der Waals surface area contributed by atoms with Crippen LogP contribution in [0.15, 0.2) is 22.9 Å². The lowest BCUT2D eigenvalue weighted by molar-refractivity contribution is 0.0844. The average molecular weight is 309 g/mol. The zero-order chi connectivity index (χ0) is 12.5. The van der Waals surface area contributed by atoms with Crippen LogP contribution >= 0.6 is 15.9 Å². The summed E-state index contributed by atoms with van der Waals surface area (Å²) in [6.07, 6.45) is 5.24. The maximum Gasteiger partial charge on any atom is 0.141 e. The normalized spacial score (nSPS) is 17.4. The molecule has 1 aliphatic heterocycles. The van der Waals surface area contributed by atoms with Crippen molar-refractivity contribution in [1.29, 1.82) is 0 Å². The molecule has 0 aromatic carbocycles. The topological polar surface area (TPSA) is 26.5 Å². The maximum absolute atomic E-state index is 5.43. The van der Waals surface area contributed by atoms with Crippen LogP contribution in [0.2, 0.25) is 0 Å². The van der Waals surface area contributed by atoms with Crippen molar-refractivity contribution >= 4 is 21.6 Å². The highest BCUT2D eigenvalue weighted by molar-refractivity contribution is 9.10. The minimum atomic E-state index is 0.526. The Labute approximate surface area is 115 Å². The number of pyridine rings is 1. The van der Waals surface area contributed by atoms with E-state index in [9.17, 15) is 0 Å². The van der Waals surface area contributed by atoms with Gasteiger partial charge in [-0.15, -0.1) is 0 Å². The first kappa shape index (κ1) is 12.2. The molecule has 3 rings (SSSR count). The van der Waals surface area contributed by atoms with E-state index in [1.165, 1.54) is 11.3 Å². The molecular weight excluding hydrogens is 292 g/mol. The zero-order valence-electron chi connectivity index (χ0n) is 10.5. The van der Waals surface area contributed by atoms with Crippen molar-refractivity contribution in [3.05, 3.63) is 34.2 Å². The first-order valence-corrected chi connectivity index (χ1v) is 7.33. The molecule has 0 saturated carbocycles. The quantitative estimate of drug-likeness (QED) is 0.848. The third-order valence-electron chi connectivity index (χ3n) is 3.69. The summed E-state index contributed by atoms with van der Waals surface area (Å²) in [7, 11) is 0. The second kappa shape index (κ2) is 5.02. The van der Waals surface area contributed by atoms with Gasteiger partial charge >= 0.3 is 0 Å². The van der Waals surface area contributed by atoms with Crippen LogP contribution in [0.3, 0.4) is 0 Å². The van der Waals surface area contributed by atoms with Gasteiger partial charge in [0.25, 0.3) is 0 Å². The van der Waals surface area contributed by atoms with E-state index in [2.05, 4.69) is 45.6 Å². The molecule has 2 aromatic heterocycles. The first-order valence-electron chi connectivity index (χ1n) is 6.54. The Morgan fingerprint density at radius 1 is 1.44 bits per heavy atom. The van der Waals surface area contributed by atoms with E-state index >= 15 is 0 Å². The molecule has 96 valence electrons. The molecule has 0 spiro atoms. The largest absolute Gasteiger partial charge is 0.381 e. The van der Waals surface area contributed by atoms with Crippen LogP contribution in [0.25, 0.3) is 5.65 Å². The van der Waals surface area contributed by atoms with Crippen LogP contribution < -0.4 is 0 Å². The molecule has 1 fully saturated rings. The molecule has 3 heterocycles. The smallest absolute Gasteiger partial charge is 0.141 e. The fourth-order valence-corrected chi connectivity index (χ4v) is 3.32. The molecule has 0 N–H and O–H groups in total. The van der Waals surface area contributed by atoms with Crippen molar-refractivity contribution in [3.8, 4) is 0 Å². The second-order valence-corrected chi connectivity index (χ2v) is 5.51.